The summed E-state index contributed by atoms with van der Waals surface area (Å²) in [6.07, 6.45) is 0.875. The van der Waals surface area contributed by atoms with Crippen LogP contribution in [0.1, 0.15) is 12.5 Å². The Labute approximate surface area is 150 Å². The maximum Gasteiger partial charge on any atom is 0.319 e. The van der Waals surface area contributed by atoms with Gasteiger partial charge in [0.2, 0.25) is 5.91 Å². The van der Waals surface area contributed by atoms with Crippen LogP contribution in [0.2, 0.25) is 10.0 Å². The molecule has 3 N–H and O–H groups in total. The Kier molecular flexibility index (Phi) is 6.46. The lowest BCUT2D eigenvalue weighted by Crippen LogP contribution is -2.35. The third kappa shape index (κ3) is 5.44. The summed E-state index contributed by atoms with van der Waals surface area (Å²) in [5.74, 6) is -0.406. The fourth-order valence-corrected chi connectivity index (χ4v) is 2.33. The van der Waals surface area contributed by atoms with Crippen molar-refractivity contribution in [2.45, 2.75) is 13.3 Å². The standard InChI is InChI=1S/C17H17Cl2N3O2/c1-2-11-4-3-5-13(8-11)21-17(24)20-10-16(23)22-15-9-12(18)6-7-14(15)19/h3-9H,2,10H2,1H3,(H,22,23)(H2,20,21,24). The van der Waals surface area contributed by atoms with Crippen LogP contribution in [0.4, 0.5) is 16.2 Å². The number of amides is 3. The number of aryl methyl sites for hydroxylation is 1. The molecule has 0 unspecified atom stereocenters. The van der Waals surface area contributed by atoms with Gasteiger partial charge in [0.25, 0.3) is 0 Å². The van der Waals surface area contributed by atoms with Gasteiger partial charge in [-0.05, 0) is 42.3 Å². The van der Waals surface area contributed by atoms with Crippen molar-refractivity contribution in [3.63, 3.8) is 0 Å². The Morgan fingerprint density at radius 3 is 2.58 bits per heavy atom. The lowest BCUT2D eigenvalue weighted by molar-refractivity contribution is -0.115. The van der Waals surface area contributed by atoms with Crippen molar-refractivity contribution in [3.8, 4) is 0 Å². The molecule has 0 fully saturated rings. The highest BCUT2D eigenvalue weighted by Gasteiger charge is 2.09. The maximum atomic E-state index is 11.9. The van der Waals surface area contributed by atoms with Crippen LogP contribution in [-0.2, 0) is 11.2 Å². The molecule has 0 aromatic heterocycles. The molecule has 0 atom stereocenters. The Bertz CT molecular complexity index is 750. The lowest BCUT2D eigenvalue weighted by Gasteiger charge is -2.10. The van der Waals surface area contributed by atoms with Gasteiger partial charge in [0, 0.05) is 10.7 Å². The number of nitrogens with one attached hydrogen (secondary N) is 3. The Hall–Kier alpha value is -2.24. The molecule has 0 bridgehead atoms. The number of hydrogen-bond acceptors (Lipinski definition) is 2. The van der Waals surface area contributed by atoms with Crippen molar-refractivity contribution in [1.82, 2.24) is 5.32 Å². The van der Waals surface area contributed by atoms with Crippen LogP contribution in [0.15, 0.2) is 42.5 Å². The number of carbonyl (C=O) groups is 2. The van der Waals surface area contributed by atoms with Crippen LogP contribution in [0.5, 0.6) is 0 Å². The van der Waals surface area contributed by atoms with Crippen LogP contribution in [0.3, 0.4) is 0 Å². The molecule has 2 aromatic carbocycles. The van der Waals surface area contributed by atoms with Crippen molar-refractivity contribution in [2.75, 3.05) is 17.2 Å². The average Bonchev–Trinajstić information content (AvgIpc) is 2.56. The van der Waals surface area contributed by atoms with E-state index in [1.165, 1.54) is 6.07 Å². The van der Waals surface area contributed by atoms with Crippen LogP contribution < -0.4 is 16.0 Å². The van der Waals surface area contributed by atoms with Crippen molar-refractivity contribution >= 4 is 46.5 Å². The maximum absolute atomic E-state index is 11.9. The van der Waals surface area contributed by atoms with Crippen molar-refractivity contribution in [2.24, 2.45) is 0 Å². The molecule has 0 radical (unpaired) electrons. The molecule has 2 aromatic rings. The van der Waals surface area contributed by atoms with E-state index in [4.69, 9.17) is 23.2 Å². The van der Waals surface area contributed by atoms with Gasteiger partial charge in [-0.2, -0.15) is 0 Å². The number of halogens is 2. The third-order valence-corrected chi connectivity index (χ3v) is 3.77. The van der Waals surface area contributed by atoms with Gasteiger partial charge in [0.1, 0.15) is 0 Å². The van der Waals surface area contributed by atoms with E-state index in [2.05, 4.69) is 16.0 Å². The Morgan fingerprint density at radius 2 is 1.83 bits per heavy atom. The largest absolute Gasteiger partial charge is 0.329 e. The van der Waals surface area contributed by atoms with E-state index in [1.807, 2.05) is 25.1 Å². The lowest BCUT2D eigenvalue weighted by atomic mass is 10.1. The zero-order valence-corrected chi connectivity index (χ0v) is 14.5. The zero-order valence-electron chi connectivity index (χ0n) is 13.0. The van der Waals surface area contributed by atoms with Gasteiger partial charge in [0.15, 0.2) is 0 Å². The van der Waals surface area contributed by atoms with Crippen molar-refractivity contribution in [3.05, 3.63) is 58.1 Å². The summed E-state index contributed by atoms with van der Waals surface area (Å²) in [6, 6.07) is 11.8. The first-order chi connectivity index (χ1) is 11.5. The fourth-order valence-electron chi connectivity index (χ4n) is 1.99. The molecule has 0 saturated carbocycles. The molecule has 7 heteroatoms. The molecule has 0 aliphatic heterocycles. The van der Waals surface area contributed by atoms with E-state index < -0.39 is 11.9 Å². The number of urea groups is 1. The zero-order chi connectivity index (χ0) is 17.5. The van der Waals surface area contributed by atoms with Crippen molar-refractivity contribution in [1.29, 1.82) is 0 Å². The second-order valence-electron chi connectivity index (χ2n) is 5.03. The molecular weight excluding hydrogens is 349 g/mol. The first-order valence-corrected chi connectivity index (χ1v) is 8.12. The highest BCUT2D eigenvalue weighted by Crippen LogP contribution is 2.25. The van der Waals surface area contributed by atoms with E-state index in [0.717, 1.165) is 12.0 Å². The van der Waals surface area contributed by atoms with Crippen LogP contribution in [0.25, 0.3) is 0 Å². The SMILES string of the molecule is CCc1cccc(NC(=O)NCC(=O)Nc2cc(Cl)ccc2Cl)c1. The molecule has 0 aliphatic rings. The van der Waals surface area contributed by atoms with Gasteiger partial charge in [-0.3, -0.25) is 4.79 Å². The van der Waals surface area contributed by atoms with Gasteiger partial charge in [-0.25, -0.2) is 4.79 Å². The van der Waals surface area contributed by atoms with Gasteiger partial charge in [-0.15, -0.1) is 0 Å². The number of anilines is 2. The third-order valence-electron chi connectivity index (χ3n) is 3.21. The highest BCUT2D eigenvalue weighted by molar-refractivity contribution is 6.35. The first-order valence-electron chi connectivity index (χ1n) is 7.36. The second kappa shape index (κ2) is 8.57. The molecular formula is C17H17Cl2N3O2. The van der Waals surface area contributed by atoms with Crippen molar-refractivity contribution < 1.29 is 9.59 Å². The number of benzene rings is 2. The van der Waals surface area contributed by atoms with E-state index in [9.17, 15) is 9.59 Å². The topological polar surface area (TPSA) is 70.2 Å². The Morgan fingerprint density at radius 1 is 1.04 bits per heavy atom. The summed E-state index contributed by atoms with van der Waals surface area (Å²) >= 11 is 11.8. The summed E-state index contributed by atoms with van der Waals surface area (Å²) in [4.78, 5) is 23.7. The van der Waals surface area contributed by atoms with Crippen LogP contribution in [-0.4, -0.2) is 18.5 Å². The predicted molar refractivity (Wildman–Crippen MR) is 97.9 cm³/mol. The van der Waals surface area contributed by atoms with Crippen LogP contribution in [0, 0.1) is 0 Å². The Balaban J connectivity index is 1.84. The minimum Gasteiger partial charge on any atom is -0.329 e. The quantitative estimate of drug-likeness (QED) is 0.738. The van der Waals surface area contributed by atoms with Gasteiger partial charge >= 0.3 is 6.03 Å². The molecule has 0 aliphatic carbocycles. The predicted octanol–water partition coefficient (Wildman–Crippen LogP) is 4.32. The summed E-state index contributed by atoms with van der Waals surface area (Å²) in [7, 11) is 0. The molecule has 5 nitrogen and oxygen atoms in total. The van der Waals surface area contributed by atoms with E-state index in [1.54, 1.807) is 18.2 Å². The fraction of sp³-hybridized carbons (Fsp3) is 0.176. The molecule has 3 amide bonds. The summed E-state index contributed by atoms with van der Waals surface area (Å²) < 4.78 is 0. The minimum absolute atomic E-state index is 0.192. The highest BCUT2D eigenvalue weighted by atomic mass is 35.5. The number of rotatable bonds is 5. The monoisotopic (exact) mass is 365 g/mol. The molecule has 24 heavy (non-hydrogen) atoms. The minimum atomic E-state index is -0.462. The smallest absolute Gasteiger partial charge is 0.319 e. The second-order valence-corrected chi connectivity index (χ2v) is 5.88. The molecule has 0 spiro atoms. The van der Waals surface area contributed by atoms with E-state index in [0.29, 0.717) is 21.4 Å². The van der Waals surface area contributed by atoms with Gasteiger partial charge in [-0.1, -0.05) is 42.3 Å². The summed E-state index contributed by atoms with van der Waals surface area (Å²) in [6.45, 7) is 1.84. The first kappa shape index (κ1) is 18.1. The summed E-state index contributed by atoms with van der Waals surface area (Å²) in [5, 5.41) is 8.58. The number of hydrogen-bond donors (Lipinski definition) is 3. The van der Waals surface area contributed by atoms with E-state index >= 15 is 0 Å². The average molecular weight is 366 g/mol. The van der Waals surface area contributed by atoms with Gasteiger partial charge in [0.05, 0.1) is 17.3 Å². The summed E-state index contributed by atoms with van der Waals surface area (Å²) in [5.41, 5.74) is 2.18. The molecule has 0 heterocycles. The van der Waals surface area contributed by atoms with Crippen LogP contribution >= 0.6 is 23.2 Å². The normalized spacial score (nSPS) is 10.1. The molecule has 0 saturated heterocycles. The molecule has 126 valence electrons. The van der Waals surface area contributed by atoms with E-state index in [-0.39, 0.29) is 6.54 Å². The van der Waals surface area contributed by atoms with Gasteiger partial charge < -0.3 is 16.0 Å². The number of carbonyl (C=O) groups excluding carboxylic acids is 2. The molecule has 2 rings (SSSR count).